The van der Waals surface area contributed by atoms with Gasteiger partial charge in [-0.1, -0.05) is 6.58 Å². The van der Waals surface area contributed by atoms with E-state index < -0.39 is 11.6 Å². The summed E-state index contributed by atoms with van der Waals surface area (Å²) < 4.78 is 46.2. The number of aryl methyl sites for hydroxylation is 1. The molecule has 7 rings (SSSR count). The van der Waals surface area contributed by atoms with Crippen molar-refractivity contribution in [1.29, 1.82) is 0 Å². The van der Waals surface area contributed by atoms with Crippen molar-refractivity contribution in [3.63, 3.8) is 0 Å². The van der Waals surface area contributed by atoms with Gasteiger partial charge in [-0.2, -0.15) is 10.2 Å². The SMILES string of the molecule is C=CC(=O)N1CCn2nc(-c3nc(N4Cc5cnn(C)c5C4)c4ccsc4c3-c3c(F)cc(F)cc3OCCOC)cc2C1C. The number of thiophene rings is 1. The summed E-state index contributed by atoms with van der Waals surface area (Å²) in [6.07, 6.45) is 3.18. The number of rotatable bonds is 8. The van der Waals surface area contributed by atoms with Gasteiger partial charge in [0.25, 0.3) is 0 Å². The number of benzene rings is 1. The molecule has 0 fully saturated rings. The number of carbonyl (C=O) groups is 1. The van der Waals surface area contributed by atoms with Gasteiger partial charge < -0.3 is 19.3 Å². The van der Waals surface area contributed by atoms with E-state index in [1.807, 2.05) is 47.0 Å². The second-order valence-corrected chi connectivity index (χ2v) is 12.0. The molecule has 0 saturated heterocycles. The van der Waals surface area contributed by atoms with E-state index in [9.17, 15) is 9.18 Å². The predicted molar refractivity (Wildman–Crippen MR) is 167 cm³/mol. The summed E-state index contributed by atoms with van der Waals surface area (Å²) in [5.74, 6) is -0.902. The Bertz CT molecular complexity index is 1970. The van der Waals surface area contributed by atoms with Gasteiger partial charge in [0, 0.05) is 60.6 Å². The Kier molecular flexibility index (Phi) is 7.37. The van der Waals surface area contributed by atoms with E-state index in [1.165, 1.54) is 30.6 Å². The Morgan fingerprint density at radius 2 is 2.02 bits per heavy atom. The number of pyridine rings is 1. The summed E-state index contributed by atoms with van der Waals surface area (Å²) in [6, 6.07) is 5.66. The Balaban J connectivity index is 1.45. The first-order valence-corrected chi connectivity index (χ1v) is 15.4. The third-order valence-corrected chi connectivity index (χ3v) is 9.44. The number of fused-ring (bicyclic) bond motifs is 3. The molecule has 0 aliphatic carbocycles. The molecule has 1 unspecified atom stereocenters. The average molecular weight is 632 g/mol. The van der Waals surface area contributed by atoms with Crippen LogP contribution in [0.4, 0.5) is 14.6 Å². The lowest BCUT2D eigenvalue weighted by molar-refractivity contribution is -0.129. The van der Waals surface area contributed by atoms with Gasteiger partial charge in [0.15, 0.2) is 0 Å². The van der Waals surface area contributed by atoms with Gasteiger partial charge in [-0.3, -0.25) is 14.2 Å². The van der Waals surface area contributed by atoms with Crippen molar-refractivity contribution in [3.8, 4) is 28.3 Å². The number of anilines is 1. The molecule has 0 saturated carbocycles. The van der Waals surface area contributed by atoms with Crippen LogP contribution in [-0.4, -0.2) is 62.2 Å². The number of aromatic nitrogens is 5. The van der Waals surface area contributed by atoms with Crippen molar-refractivity contribution in [2.75, 3.05) is 31.8 Å². The summed E-state index contributed by atoms with van der Waals surface area (Å²) in [5.41, 5.74) is 4.56. The zero-order valence-corrected chi connectivity index (χ0v) is 25.9. The molecule has 1 atom stereocenters. The quantitative estimate of drug-likeness (QED) is 0.166. The number of methoxy groups -OCH3 is 1. The van der Waals surface area contributed by atoms with Gasteiger partial charge in [0.2, 0.25) is 5.91 Å². The molecule has 13 heteroatoms. The number of hydrogen-bond acceptors (Lipinski definition) is 8. The fourth-order valence-electron chi connectivity index (χ4n) is 6.28. The zero-order chi connectivity index (χ0) is 31.4. The predicted octanol–water partition coefficient (Wildman–Crippen LogP) is 5.47. The van der Waals surface area contributed by atoms with Crippen LogP contribution in [-0.2, 0) is 36.2 Å². The van der Waals surface area contributed by atoms with Crippen molar-refractivity contribution in [1.82, 2.24) is 29.4 Å². The minimum absolute atomic E-state index is 0.0507. The van der Waals surface area contributed by atoms with Crippen LogP contribution < -0.4 is 9.64 Å². The van der Waals surface area contributed by atoms with Crippen LogP contribution in [0.15, 0.2) is 48.5 Å². The van der Waals surface area contributed by atoms with Gasteiger partial charge in [0.05, 0.1) is 48.9 Å². The largest absolute Gasteiger partial charge is 0.490 e. The van der Waals surface area contributed by atoms with Crippen molar-refractivity contribution >= 4 is 33.1 Å². The van der Waals surface area contributed by atoms with E-state index in [2.05, 4.69) is 16.6 Å². The molecule has 0 N–H and O–H groups in total. The lowest BCUT2D eigenvalue weighted by Gasteiger charge is -2.33. The molecule has 4 aromatic heterocycles. The summed E-state index contributed by atoms with van der Waals surface area (Å²) in [6.45, 7) is 8.11. The summed E-state index contributed by atoms with van der Waals surface area (Å²) in [7, 11) is 3.45. The Labute approximate surface area is 262 Å². The number of halogens is 2. The van der Waals surface area contributed by atoms with E-state index in [0.717, 1.165) is 38.9 Å². The van der Waals surface area contributed by atoms with Crippen molar-refractivity contribution in [2.24, 2.45) is 7.05 Å². The lowest BCUT2D eigenvalue weighted by atomic mass is 9.98. The molecule has 5 aromatic rings. The highest BCUT2D eigenvalue weighted by atomic mass is 32.1. The molecule has 6 heterocycles. The highest BCUT2D eigenvalue weighted by Crippen LogP contribution is 2.48. The number of carbonyl (C=O) groups excluding carboxylic acids is 1. The van der Waals surface area contributed by atoms with Crippen LogP contribution in [0.1, 0.15) is 29.9 Å². The molecular formula is C32H31F2N7O3S. The maximum absolute atomic E-state index is 16.0. The van der Waals surface area contributed by atoms with E-state index in [0.29, 0.717) is 43.1 Å². The normalized spacial score (nSPS) is 15.9. The van der Waals surface area contributed by atoms with Crippen LogP contribution in [0, 0.1) is 11.6 Å². The van der Waals surface area contributed by atoms with E-state index in [1.54, 1.807) is 4.90 Å². The smallest absolute Gasteiger partial charge is 0.246 e. The fraction of sp³-hybridized carbons (Fsp3) is 0.312. The van der Waals surface area contributed by atoms with Gasteiger partial charge in [-0.25, -0.2) is 13.8 Å². The molecule has 2 aliphatic rings. The Morgan fingerprint density at radius 3 is 2.80 bits per heavy atom. The monoisotopic (exact) mass is 631 g/mol. The third-order valence-electron chi connectivity index (χ3n) is 8.51. The standard InChI is InChI=1S/C32H31F2N7O3S/c1-5-27(42)40-7-8-41-24(18(40)2)14-23(37-41)30-29(28-22(34)12-20(33)13-26(28)44-10-9-43-4)31-21(6-11-45-31)32(36-30)39-16-19-15-35-38(3)25(19)17-39/h5-6,11-15,18H,1,7-10,16-17H2,2-4H3. The maximum atomic E-state index is 16.0. The highest BCUT2D eigenvalue weighted by molar-refractivity contribution is 7.18. The first-order valence-electron chi connectivity index (χ1n) is 14.6. The molecule has 1 aromatic carbocycles. The third kappa shape index (κ3) is 4.86. The van der Waals surface area contributed by atoms with Crippen LogP contribution in [0.2, 0.25) is 0 Å². The second-order valence-electron chi connectivity index (χ2n) is 11.1. The summed E-state index contributed by atoms with van der Waals surface area (Å²) in [4.78, 5) is 21.7. The molecule has 0 radical (unpaired) electrons. The molecule has 1 amide bonds. The average Bonchev–Trinajstić information content (AvgIpc) is 3.82. The highest BCUT2D eigenvalue weighted by Gasteiger charge is 2.33. The van der Waals surface area contributed by atoms with Crippen LogP contribution in [0.25, 0.3) is 32.6 Å². The minimum atomic E-state index is -0.771. The van der Waals surface area contributed by atoms with Crippen molar-refractivity contribution < 1.29 is 23.0 Å². The topological polar surface area (TPSA) is 90.5 Å². The molecular weight excluding hydrogens is 600 g/mol. The van der Waals surface area contributed by atoms with E-state index >= 15 is 4.39 Å². The zero-order valence-electron chi connectivity index (χ0n) is 25.1. The lowest BCUT2D eigenvalue weighted by Crippen LogP contribution is -2.40. The van der Waals surface area contributed by atoms with Crippen molar-refractivity contribution in [3.05, 3.63) is 77.1 Å². The molecule has 232 valence electrons. The number of nitrogens with zero attached hydrogens (tertiary/aromatic N) is 7. The van der Waals surface area contributed by atoms with Gasteiger partial charge in [-0.15, -0.1) is 11.3 Å². The van der Waals surface area contributed by atoms with Gasteiger partial charge in [-0.05, 0) is 30.5 Å². The summed E-state index contributed by atoms with van der Waals surface area (Å²) in [5, 5.41) is 12.1. The first kappa shape index (κ1) is 29.1. The van der Waals surface area contributed by atoms with Crippen LogP contribution >= 0.6 is 11.3 Å². The molecule has 0 bridgehead atoms. The number of amides is 1. The minimum Gasteiger partial charge on any atom is -0.490 e. The van der Waals surface area contributed by atoms with Crippen molar-refractivity contribution in [2.45, 2.75) is 32.6 Å². The Hall–Kier alpha value is -4.62. The van der Waals surface area contributed by atoms with E-state index in [-0.39, 0.29) is 36.5 Å². The van der Waals surface area contributed by atoms with Crippen LogP contribution in [0.3, 0.4) is 0 Å². The number of hydrogen-bond donors (Lipinski definition) is 0. The van der Waals surface area contributed by atoms with Crippen LogP contribution in [0.5, 0.6) is 5.75 Å². The molecule has 0 spiro atoms. The molecule has 10 nitrogen and oxygen atoms in total. The molecule has 45 heavy (non-hydrogen) atoms. The van der Waals surface area contributed by atoms with E-state index in [4.69, 9.17) is 19.6 Å². The fourth-order valence-corrected chi connectivity index (χ4v) is 7.22. The Morgan fingerprint density at radius 1 is 1.18 bits per heavy atom. The first-order chi connectivity index (χ1) is 21.8. The second kappa shape index (κ2) is 11.4. The molecule has 2 aliphatic heterocycles. The van der Waals surface area contributed by atoms with Gasteiger partial charge in [0.1, 0.15) is 41.2 Å². The van der Waals surface area contributed by atoms with Gasteiger partial charge >= 0.3 is 0 Å². The summed E-state index contributed by atoms with van der Waals surface area (Å²) >= 11 is 1.45. The number of ether oxygens (including phenoxy) is 2. The maximum Gasteiger partial charge on any atom is 0.246 e.